The predicted molar refractivity (Wildman–Crippen MR) is 48.3 cm³/mol. The average Bonchev–Trinajstić information content (AvgIpc) is 2.48. The van der Waals surface area contributed by atoms with Crippen LogP contribution in [-0.4, -0.2) is 20.6 Å². The Balaban J connectivity index is 3.20. The molecule has 1 rings (SSSR count). The molecule has 6 nitrogen and oxygen atoms in total. The van der Waals surface area contributed by atoms with E-state index >= 15 is 0 Å². The molecule has 0 spiro atoms. The highest BCUT2D eigenvalue weighted by Crippen LogP contribution is 2.19. The van der Waals surface area contributed by atoms with Crippen molar-refractivity contribution in [3.8, 4) is 0 Å². The Morgan fingerprint density at radius 2 is 2.36 bits per heavy atom. The van der Waals surface area contributed by atoms with Gasteiger partial charge < -0.3 is 9.67 Å². The van der Waals surface area contributed by atoms with Crippen LogP contribution in [0, 0.1) is 10.1 Å². The van der Waals surface area contributed by atoms with Crippen molar-refractivity contribution in [2.45, 2.75) is 19.9 Å². The summed E-state index contributed by atoms with van der Waals surface area (Å²) in [7, 11) is 0. The van der Waals surface area contributed by atoms with Gasteiger partial charge in [-0.15, -0.1) is 0 Å². The van der Waals surface area contributed by atoms with Gasteiger partial charge >= 0.3 is 11.7 Å². The van der Waals surface area contributed by atoms with E-state index in [1.54, 1.807) is 0 Å². The van der Waals surface area contributed by atoms with Gasteiger partial charge in [-0.3, -0.25) is 10.1 Å². The molecule has 0 saturated carbocycles. The first-order chi connectivity index (χ1) is 6.57. The van der Waals surface area contributed by atoms with Gasteiger partial charge in [0.15, 0.2) is 0 Å². The number of rotatable bonds is 4. The second-order valence-electron chi connectivity index (χ2n) is 2.81. The fourth-order valence-electron chi connectivity index (χ4n) is 1.27. The van der Waals surface area contributed by atoms with Gasteiger partial charge in [-0.25, -0.2) is 4.79 Å². The minimum absolute atomic E-state index is 0.253. The van der Waals surface area contributed by atoms with E-state index in [4.69, 9.17) is 5.11 Å². The minimum atomic E-state index is -1.27. The van der Waals surface area contributed by atoms with Gasteiger partial charge in [0.05, 0.1) is 4.92 Å². The number of carboxylic acids is 1. The summed E-state index contributed by atoms with van der Waals surface area (Å²) in [4.78, 5) is 20.5. The fourth-order valence-corrected chi connectivity index (χ4v) is 1.27. The number of nitro groups is 1. The highest BCUT2D eigenvalue weighted by molar-refractivity contribution is 5.90. The van der Waals surface area contributed by atoms with Gasteiger partial charge in [-0.2, -0.15) is 0 Å². The smallest absolute Gasteiger partial charge is 0.359 e. The van der Waals surface area contributed by atoms with Crippen molar-refractivity contribution in [1.82, 2.24) is 4.57 Å². The molecule has 0 aromatic carbocycles. The first-order valence-electron chi connectivity index (χ1n) is 4.14. The summed E-state index contributed by atoms with van der Waals surface area (Å²) in [5, 5.41) is 19.3. The molecule has 0 amide bonds. The molecule has 76 valence electrons. The number of aryl methyl sites for hydroxylation is 1. The van der Waals surface area contributed by atoms with Crippen LogP contribution in [0.3, 0.4) is 0 Å². The molecular formula is C8H10N2O4. The molecule has 0 radical (unpaired) electrons. The third-order valence-electron chi connectivity index (χ3n) is 1.81. The molecule has 1 N–H and O–H groups in total. The van der Waals surface area contributed by atoms with E-state index in [1.165, 1.54) is 16.8 Å². The van der Waals surface area contributed by atoms with E-state index in [9.17, 15) is 14.9 Å². The van der Waals surface area contributed by atoms with Gasteiger partial charge in [-0.05, 0) is 6.42 Å². The van der Waals surface area contributed by atoms with Crippen LogP contribution in [-0.2, 0) is 6.54 Å². The highest BCUT2D eigenvalue weighted by Gasteiger charge is 2.24. The molecule has 0 bridgehead atoms. The van der Waals surface area contributed by atoms with Gasteiger partial charge in [0.1, 0.15) is 0 Å². The Morgan fingerprint density at radius 3 is 2.79 bits per heavy atom. The third-order valence-corrected chi connectivity index (χ3v) is 1.81. The van der Waals surface area contributed by atoms with Crippen LogP contribution in [0.4, 0.5) is 5.69 Å². The lowest BCUT2D eigenvalue weighted by atomic mass is 10.3. The molecule has 0 fully saturated rings. The molecule has 1 aromatic heterocycles. The van der Waals surface area contributed by atoms with E-state index in [2.05, 4.69) is 0 Å². The molecule has 0 saturated heterocycles. The Labute approximate surface area is 79.9 Å². The maximum atomic E-state index is 10.8. The van der Waals surface area contributed by atoms with Crippen molar-refractivity contribution in [1.29, 1.82) is 0 Å². The van der Waals surface area contributed by atoms with Crippen molar-refractivity contribution in [3.63, 3.8) is 0 Å². The highest BCUT2D eigenvalue weighted by atomic mass is 16.6. The average molecular weight is 198 g/mol. The lowest BCUT2D eigenvalue weighted by Crippen LogP contribution is -2.09. The normalized spacial score (nSPS) is 10.1. The Kier molecular flexibility index (Phi) is 2.85. The summed E-state index contributed by atoms with van der Waals surface area (Å²) in [5.41, 5.74) is -0.609. The van der Waals surface area contributed by atoms with Crippen LogP contribution in [0.1, 0.15) is 23.8 Å². The molecule has 0 aliphatic rings. The van der Waals surface area contributed by atoms with Gasteiger partial charge in [-0.1, -0.05) is 6.92 Å². The number of nitrogens with zero attached hydrogens (tertiary/aromatic N) is 2. The van der Waals surface area contributed by atoms with Crippen molar-refractivity contribution >= 4 is 11.7 Å². The predicted octanol–water partition coefficient (Wildman–Crippen LogP) is 1.50. The fraction of sp³-hybridized carbons (Fsp3) is 0.375. The molecular weight excluding hydrogens is 188 g/mol. The van der Waals surface area contributed by atoms with Crippen LogP contribution in [0.25, 0.3) is 0 Å². The SMILES string of the molecule is CCCn1ccc([N+](=O)[O-])c1C(=O)O. The van der Waals surface area contributed by atoms with Crippen molar-refractivity contribution in [2.75, 3.05) is 0 Å². The monoisotopic (exact) mass is 198 g/mol. The zero-order valence-corrected chi connectivity index (χ0v) is 7.64. The van der Waals surface area contributed by atoms with E-state index in [1.807, 2.05) is 6.92 Å². The molecule has 1 aromatic rings. The molecule has 1 heterocycles. The van der Waals surface area contributed by atoms with E-state index in [-0.39, 0.29) is 11.4 Å². The van der Waals surface area contributed by atoms with Gasteiger partial charge in [0.25, 0.3) is 0 Å². The van der Waals surface area contributed by atoms with Crippen LogP contribution in [0.5, 0.6) is 0 Å². The minimum Gasteiger partial charge on any atom is -0.476 e. The van der Waals surface area contributed by atoms with Crippen LogP contribution < -0.4 is 0 Å². The number of aromatic carboxylic acids is 1. The standard InChI is InChI=1S/C8H10N2O4/c1-2-4-9-5-3-6(10(13)14)7(9)8(11)12/h3,5H,2,4H2,1H3,(H,11,12). The largest absolute Gasteiger partial charge is 0.476 e. The summed E-state index contributed by atoms with van der Waals surface area (Å²) in [6.07, 6.45) is 2.15. The summed E-state index contributed by atoms with van der Waals surface area (Å²) in [6.45, 7) is 2.34. The van der Waals surface area contributed by atoms with Gasteiger partial charge in [0.2, 0.25) is 5.69 Å². The second kappa shape index (κ2) is 3.91. The lowest BCUT2D eigenvalue weighted by Gasteiger charge is -2.01. The quantitative estimate of drug-likeness (QED) is 0.586. The second-order valence-corrected chi connectivity index (χ2v) is 2.81. The lowest BCUT2D eigenvalue weighted by molar-refractivity contribution is -0.385. The van der Waals surface area contributed by atoms with Crippen LogP contribution >= 0.6 is 0 Å². The van der Waals surface area contributed by atoms with Crippen LogP contribution in [0.15, 0.2) is 12.3 Å². The zero-order chi connectivity index (χ0) is 10.7. The summed E-state index contributed by atoms with van der Waals surface area (Å²) in [6, 6.07) is 1.21. The van der Waals surface area contributed by atoms with Crippen molar-refractivity contribution < 1.29 is 14.8 Å². The van der Waals surface area contributed by atoms with Crippen molar-refractivity contribution in [3.05, 3.63) is 28.1 Å². The van der Waals surface area contributed by atoms with Crippen molar-refractivity contribution in [2.24, 2.45) is 0 Å². The first kappa shape index (κ1) is 10.2. The number of carboxylic acid groups (broad SMARTS) is 1. The molecule has 0 unspecified atom stereocenters. The number of hydrogen-bond acceptors (Lipinski definition) is 3. The van der Waals surface area contributed by atoms with Gasteiger partial charge in [0, 0.05) is 18.8 Å². The molecule has 0 aliphatic carbocycles. The first-order valence-corrected chi connectivity index (χ1v) is 4.14. The van der Waals surface area contributed by atoms with E-state index in [0.29, 0.717) is 6.54 Å². The molecule has 0 aliphatic heterocycles. The Hall–Kier alpha value is -1.85. The Morgan fingerprint density at radius 1 is 1.71 bits per heavy atom. The van der Waals surface area contributed by atoms with Crippen LogP contribution in [0.2, 0.25) is 0 Å². The number of carbonyl (C=O) groups is 1. The maximum Gasteiger partial charge on any atom is 0.359 e. The number of aromatic nitrogens is 1. The zero-order valence-electron chi connectivity index (χ0n) is 7.64. The summed E-state index contributed by atoms with van der Waals surface area (Å²) in [5.74, 6) is -1.27. The molecule has 0 atom stereocenters. The molecule has 6 heteroatoms. The van der Waals surface area contributed by atoms with E-state index < -0.39 is 10.9 Å². The number of hydrogen-bond donors (Lipinski definition) is 1. The summed E-state index contributed by atoms with van der Waals surface area (Å²) >= 11 is 0. The topological polar surface area (TPSA) is 85.4 Å². The maximum absolute atomic E-state index is 10.8. The Bertz CT molecular complexity index is 369. The third kappa shape index (κ3) is 1.73. The molecule has 14 heavy (non-hydrogen) atoms. The summed E-state index contributed by atoms with van der Waals surface area (Å²) < 4.78 is 1.38. The van der Waals surface area contributed by atoms with E-state index in [0.717, 1.165) is 6.42 Å².